The van der Waals surface area contributed by atoms with Gasteiger partial charge in [0.25, 0.3) is 0 Å². The maximum atomic E-state index is 12.8. The molecule has 10 heteroatoms. The summed E-state index contributed by atoms with van der Waals surface area (Å²) in [5, 5.41) is 23.9. The van der Waals surface area contributed by atoms with Crippen LogP contribution in [-0.4, -0.2) is 56.1 Å². The minimum atomic E-state index is -1.14. The molecule has 0 fully saturated rings. The third kappa shape index (κ3) is 7.74. The highest BCUT2D eigenvalue weighted by Gasteiger charge is 2.29. The molecule has 31 heavy (non-hydrogen) atoms. The second-order valence-corrected chi connectivity index (χ2v) is 7.85. The second-order valence-electron chi connectivity index (χ2n) is 7.85. The summed E-state index contributed by atoms with van der Waals surface area (Å²) in [4.78, 5) is 43.8. The molecule has 3 unspecified atom stereocenters. The first-order chi connectivity index (χ1) is 14.7. The van der Waals surface area contributed by atoms with Crippen molar-refractivity contribution >= 4 is 17.8 Å². The predicted octanol–water partition coefficient (Wildman–Crippen LogP) is 0.328. The summed E-state index contributed by atoms with van der Waals surface area (Å²) in [5.41, 5.74) is 7.35. The van der Waals surface area contributed by atoms with E-state index in [0.717, 1.165) is 5.56 Å². The van der Waals surface area contributed by atoms with Crippen LogP contribution in [0.4, 0.5) is 0 Å². The molecule has 0 aliphatic rings. The average Bonchev–Trinajstić information content (AvgIpc) is 3.21. The fourth-order valence-corrected chi connectivity index (χ4v) is 3.05. The number of carbonyl (C=O) groups is 3. The third-order valence-corrected chi connectivity index (χ3v) is 4.66. The maximum Gasteiger partial charge on any atom is 0.326 e. The van der Waals surface area contributed by atoms with Gasteiger partial charge in [0, 0.05) is 18.3 Å². The van der Waals surface area contributed by atoms with Gasteiger partial charge in [-0.3, -0.25) is 9.59 Å². The van der Waals surface area contributed by atoms with E-state index in [-0.39, 0.29) is 30.9 Å². The molecule has 168 valence electrons. The van der Waals surface area contributed by atoms with Crippen LogP contribution in [0.3, 0.4) is 0 Å². The number of aromatic hydroxyl groups is 1. The van der Waals surface area contributed by atoms with Crippen LogP contribution in [0.25, 0.3) is 0 Å². The minimum absolute atomic E-state index is 0.0563. The summed E-state index contributed by atoms with van der Waals surface area (Å²) < 4.78 is 0. The molecule has 0 aliphatic carbocycles. The van der Waals surface area contributed by atoms with Gasteiger partial charge >= 0.3 is 5.97 Å². The zero-order valence-electron chi connectivity index (χ0n) is 17.5. The van der Waals surface area contributed by atoms with Gasteiger partial charge in [-0.15, -0.1) is 0 Å². The molecule has 0 saturated carbocycles. The summed E-state index contributed by atoms with van der Waals surface area (Å²) in [5.74, 6) is -2.15. The number of amides is 2. The van der Waals surface area contributed by atoms with E-state index < -0.39 is 35.9 Å². The number of aromatic nitrogens is 2. The van der Waals surface area contributed by atoms with Crippen LogP contribution in [0.2, 0.25) is 0 Å². The van der Waals surface area contributed by atoms with Crippen molar-refractivity contribution in [3.05, 3.63) is 48.0 Å². The lowest BCUT2D eigenvalue weighted by Crippen LogP contribution is -2.55. The number of imidazole rings is 1. The van der Waals surface area contributed by atoms with Crippen LogP contribution in [0, 0.1) is 5.92 Å². The number of benzene rings is 1. The van der Waals surface area contributed by atoms with Crippen LogP contribution in [0.1, 0.15) is 31.5 Å². The number of phenolic OH excluding ortho intramolecular Hbond substituents is 1. The highest BCUT2D eigenvalue weighted by atomic mass is 16.4. The Morgan fingerprint density at radius 1 is 1.06 bits per heavy atom. The fourth-order valence-electron chi connectivity index (χ4n) is 3.05. The number of aliphatic carboxylic acids is 1. The summed E-state index contributed by atoms with van der Waals surface area (Å²) in [6.07, 6.45) is 3.52. The van der Waals surface area contributed by atoms with Gasteiger partial charge in [0.1, 0.15) is 17.8 Å². The number of nitrogens with two attached hydrogens (primary N) is 1. The second kappa shape index (κ2) is 11.1. The molecule has 0 aliphatic heterocycles. The molecule has 1 heterocycles. The van der Waals surface area contributed by atoms with Gasteiger partial charge in [0.15, 0.2) is 0 Å². The van der Waals surface area contributed by atoms with Crippen LogP contribution in [0.5, 0.6) is 5.75 Å². The van der Waals surface area contributed by atoms with Crippen LogP contribution < -0.4 is 16.4 Å². The molecule has 2 amide bonds. The largest absolute Gasteiger partial charge is 0.508 e. The standard InChI is InChI=1S/C21H29N5O5/c1-12(2)7-18(21(30)31)26-20(29)17(9-14-10-23-11-24-14)25-19(28)16(22)8-13-3-5-15(27)6-4-13/h3-6,10-12,16-18,27H,7-9,22H2,1-2H3,(H,23,24)(H,25,28)(H,26,29)(H,30,31). The normalized spacial score (nSPS) is 13.9. The average molecular weight is 431 g/mol. The fraction of sp³-hybridized carbons (Fsp3) is 0.429. The van der Waals surface area contributed by atoms with Crippen LogP contribution in [0.15, 0.2) is 36.8 Å². The van der Waals surface area contributed by atoms with E-state index in [2.05, 4.69) is 20.6 Å². The minimum Gasteiger partial charge on any atom is -0.508 e. The van der Waals surface area contributed by atoms with Crippen molar-refractivity contribution in [3.8, 4) is 5.75 Å². The van der Waals surface area contributed by atoms with Crippen molar-refractivity contribution < 1.29 is 24.6 Å². The van der Waals surface area contributed by atoms with Crippen molar-refractivity contribution in [1.82, 2.24) is 20.6 Å². The molecule has 0 saturated heterocycles. The molecule has 1 aromatic carbocycles. The summed E-state index contributed by atoms with van der Waals surface area (Å²) in [6.45, 7) is 3.71. The zero-order valence-corrected chi connectivity index (χ0v) is 17.5. The van der Waals surface area contributed by atoms with E-state index in [0.29, 0.717) is 5.69 Å². The summed E-state index contributed by atoms with van der Waals surface area (Å²) in [7, 11) is 0. The van der Waals surface area contributed by atoms with E-state index >= 15 is 0 Å². The zero-order chi connectivity index (χ0) is 23.0. The number of phenols is 1. The van der Waals surface area contributed by atoms with Crippen molar-refractivity contribution in [2.45, 2.75) is 51.2 Å². The smallest absolute Gasteiger partial charge is 0.326 e. The first kappa shape index (κ1) is 23.9. The van der Waals surface area contributed by atoms with Gasteiger partial charge in [-0.2, -0.15) is 0 Å². The van der Waals surface area contributed by atoms with Gasteiger partial charge in [-0.05, 0) is 36.5 Å². The monoisotopic (exact) mass is 431 g/mol. The number of nitrogens with one attached hydrogen (secondary N) is 3. The maximum absolute atomic E-state index is 12.8. The molecule has 2 rings (SSSR count). The number of nitrogens with zero attached hydrogens (tertiary/aromatic N) is 1. The molecule has 7 N–H and O–H groups in total. The first-order valence-electron chi connectivity index (χ1n) is 10.00. The number of carboxylic acids is 1. The molecule has 0 radical (unpaired) electrons. The summed E-state index contributed by atoms with van der Waals surface area (Å²) in [6, 6.07) is 3.26. The van der Waals surface area contributed by atoms with Gasteiger partial charge in [0.05, 0.1) is 12.4 Å². The lowest BCUT2D eigenvalue weighted by molar-refractivity contribution is -0.142. The Bertz CT molecular complexity index is 867. The Morgan fingerprint density at radius 3 is 2.26 bits per heavy atom. The van der Waals surface area contributed by atoms with E-state index in [9.17, 15) is 24.6 Å². The first-order valence-corrected chi connectivity index (χ1v) is 10.00. The van der Waals surface area contributed by atoms with E-state index in [1.165, 1.54) is 24.7 Å². The number of hydrogen-bond acceptors (Lipinski definition) is 6. The number of H-pyrrole nitrogens is 1. The van der Waals surface area contributed by atoms with E-state index in [1.807, 2.05) is 13.8 Å². The number of carbonyl (C=O) groups excluding carboxylic acids is 2. The highest BCUT2D eigenvalue weighted by molar-refractivity contribution is 5.92. The van der Waals surface area contributed by atoms with Crippen molar-refractivity contribution in [1.29, 1.82) is 0 Å². The van der Waals surface area contributed by atoms with Gasteiger partial charge in [-0.25, -0.2) is 9.78 Å². The van der Waals surface area contributed by atoms with Gasteiger partial charge in [0.2, 0.25) is 11.8 Å². The molecule has 0 spiro atoms. The van der Waals surface area contributed by atoms with E-state index in [1.54, 1.807) is 12.1 Å². The Balaban J connectivity index is 2.09. The molecule has 2 aromatic rings. The SMILES string of the molecule is CC(C)CC(NC(=O)C(Cc1cnc[nH]1)NC(=O)C(N)Cc1ccc(O)cc1)C(=O)O. The van der Waals surface area contributed by atoms with Crippen molar-refractivity contribution in [2.24, 2.45) is 11.7 Å². The lowest BCUT2D eigenvalue weighted by atomic mass is 10.0. The predicted molar refractivity (Wildman–Crippen MR) is 113 cm³/mol. The Labute approximate surface area is 180 Å². The molecule has 0 bridgehead atoms. The quantitative estimate of drug-likeness (QED) is 0.298. The number of carboxylic acid groups (broad SMARTS) is 1. The molecular weight excluding hydrogens is 402 g/mol. The van der Waals surface area contributed by atoms with Gasteiger partial charge < -0.3 is 31.6 Å². The highest BCUT2D eigenvalue weighted by Crippen LogP contribution is 2.11. The Hall–Kier alpha value is -3.40. The lowest BCUT2D eigenvalue weighted by Gasteiger charge is -2.23. The van der Waals surface area contributed by atoms with Crippen LogP contribution >= 0.6 is 0 Å². The van der Waals surface area contributed by atoms with Crippen LogP contribution in [-0.2, 0) is 27.2 Å². The number of hydrogen-bond donors (Lipinski definition) is 6. The van der Waals surface area contributed by atoms with Gasteiger partial charge in [-0.1, -0.05) is 26.0 Å². The number of rotatable bonds is 11. The molecular formula is C21H29N5O5. The molecule has 3 atom stereocenters. The third-order valence-electron chi connectivity index (χ3n) is 4.66. The number of aromatic amines is 1. The summed E-state index contributed by atoms with van der Waals surface area (Å²) >= 11 is 0. The Kier molecular flexibility index (Phi) is 8.56. The molecule has 10 nitrogen and oxygen atoms in total. The Morgan fingerprint density at radius 2 is 1.71 bits per heavy atom. The van der Waals surface area contributed by atoms with E-state index in [4.69, 9.17) is 5.73 Å². The topological polar surface area (TPSA) is 170 Å². The van der Waals surface area contributed by atoms with Crippen molar-refractivity contribution in [2.75, 3.05) is 0 Å². The molecule has 1 aromatic heterocycles. The van der Waals surface area contributed by atoms with Crippen molar-refractivity contribution in [3.63, 3.8) is 0 Å².